The second-order valence-electron chi connectivity index (χ2n) is 4.72. The van der Waals surface area contributed by atoms with Gasteiger partial charge in [-0.25, -0.2) is 13.1 Å². The summed E-state index contributed by atoms with van der Waals surface area (Å²) in [5.74, 6) is 0.486. The summed E-state index contributed by atoms with van der Waals surface area (Å²) in [5.41, 5.74) is 0.789. The molecule has 0 unspecified atom stereocenters. The zero-order valence-corrected chi connectivity index (χ0v) is 12.0. The number of nitrogens with one attached hydrogen (secondary N) is 2. The Kier molecular flexibility index (Phi) is 5.78. The van der Waals surface area contributed by atoms with Crippen LogP contribution in [-0.4, -0.2) is 22.0 Å². The van der Waals surface area contributed by atoms with Gasteiger partial charge in [0.1, 0.15) is 0 Å². The Hall–Kier alpha value is -0.910. The van der Waals surface area contributed by atoms with Gasteiger partial charge in [-0.15, -0.1) is 0 Å². The molecule has 0 spiro atoms. The van der Waals surface area contributed by atoms with Crippen molar-refractivity contribution in [2.75, 3.05) is 13.6 Å². The quantitative estimate of drug-likeness (QED) is 0.793. The van der Waals surface area contributed by atoms with Gasteiger partial charge in [0, 0.05) is 13.1 Å². The minimum Gasteiger partial charge on any atom is -0.316 e. The molecule has 0 fully saturated rings. The van der Waals surface area contributed by atoms with E-state index in [0.717, 1.165) is 12.0 Å². The number of benzene rings is 1. The first kappa shape index (κ1) is 15.1. The SMILES string of the molecule is CNCc1ccccc1S(=O)(=O)NCCC(C)C. The summed E-state index contributed by atoms with van der Waals surface area (Å²) >= 11 is 0. The van der Waals surface area contributed by atoms with Gasteiger partial charge in [-0.3, -0.25) is 0 Å². The maximum Gasteiger partial charge on any atom is 0.240 e. The largest absolute Gasteiger partial charge is 0.316 e. The fourth-order valence-electron chi connectivity index (χ4n) is 1.66. The molecule has 0 aliphatic heterocycles. The molecule has 0 atom stereocenters. The third-order valence-corrected chi connectivity index (χ3v) is 4.20. The van der Waals surface area contributed by atoms with Crippen molar-refractivity contribution in [3.8, 4) is 0 Å². The molecule has 0 saturated heterocycles. The molecule has 1 aromatic rings. The van der Waals surface area contributed by atoms with Crippen LogP contribution in [0.5, 0.6) is 0 Å². The molecule has 0 aromatic heterocycles. The van der Waals surface area contributed by atoms with Crippen molar-refractivity contribution in [2.24, 2.45) is 5.92 Å². The average Bonchev–Trinajstić information content (AvgIpc) is 2.29. The highest BCUT2D eigenvalue weighted by atomic mass is 32.2. The third-order valence-electron chi connectivity index (χ3n) is 2.64. The van der Waals surface area contributed by atoms with Crippen molar-refractivity contribution in [3.05, 3.63) is 29.8 Å². The smallest absolute Gasteiger partial charge is 0.240 e. The maximum atomic E-state index is 12.2. The second-order valence-corrected chi connectivity index (χ2v) is 6.45. The molecule has 0 radical (unpaired) electrons. The molecule has 0 aliphatic rings. The first-order chi connectivity index (χ1) is 8.47. The predicted octanol–water partition coefficient (Wildman–Crippen LogP) is 1.73. The molecule has 1 aromatic carbocycles. The normalized spacial score (nSPS) is 12.0. The Morgan fingerprint density at radius 2 is 1.89 bits per heavy atom. The summed E-state index contributed by atoms with van der Waals surface area (Å²) in [6.07, 6.45) is 0.841. The number of hydrogen-bond donors (Lipinski definition) is 2. The molecule has 0 amide bonds. The maximum absolute atomic E-state index is 12.2. The number of sulfonamides is 1. The van der Waals surface area contributed by atoms with Crippen molar-refractivity contribution < 1.29 is 8.42 Å². The zero-order valence-electron chi connectivity index (χ0n) is 11.2. The van der Waals surface area contributed by atoms with E-state index in [0.29, 0.717) is 23.9 Å². The molecule has 2 N–H and O–H groups in total. The molecule has 4 nitrogen and oxygen atoms in total. The topological polar surface area (TPSA) is 58.2 Å². The van der Waals surface area contributed by atoms with Gasteiger partial charge in [0.05, 0.1) is 4.90 Å². The van der Waals surface area contributed by atoms with Gasteiger partial charge in [0.2, 0.25) is 10.0 Å². The van der Waals surface area contributed by atoms with Crippen LogP contribution in [0, 0.1) is 5.92 Å². The lowest BCUT2D eigenvalue weighted by Crippen LogP contribution is -2.27. The second kappa shape index (κ2) is 6.87. The molecule has 0 aliphatic carbocycles. The highest BCUT2D eigenvalue weighted by Gasteiger charge is 2.16. The van der Waals surface area contributed by atoms with Gasteiger partial charge in [-0.2, -0.15) is 0 Å². The summed E-state index contributed by atoms with van der Waals surface area (Å²) in [6, 6.07) is 7.06. The summed E-state index contributed by atoms with van der Waals surface area (Å²) < 4.78 is 27.0. The lowest BCUT2D eigenvalue weighted by molar-refractivity contribution is 0.550. The highest BCUT2D eigenvalue weighted by molar-refractivity contribution is 7.89. The van der Waals surface area contributed by atoms with E-state index in [4.69, 9.17) is 0 Å². The van der Waals surface area contributed by atoms with E-state index in [9.17, 15) is 8.42 Å². The monoisotopic (exact) mass is 270 g/mol. The van der Waals surface area contributed by atoms with Crippen molar-refractivity contribution in [2.45, 2.75) is 31.7 Å². The molecule has 18 heavy (non-hydrogen) atoms. The summed E-state index contributed by atoms with van der Waals surface area (Å²) in [7, 11) is -1.60. The van der Waals surface area contributed by atoms with E-state index in [1.54, 1.807) is 19.2 Å². The highest BCUT2D eigenvalue weighted by Crippen LogP contribution is 2.15. The van der Waals surface area contributed by atoms with Crippen LogP contribution in [0.1, 0.15) is 25.8 Å². The van der Waals surface area contributed by atoms with Crippen LogP contribution in [0.2, 0.25) is 0 Å². The molecular weight excluding hydrogens is 248 g/mol. The average molecular weight is 270 g/mol. The van der Waals surface area contributed by atoms with E-state index in [1.807, 2.05) is 12.1 Å². The summed E-state index contributed by atoms with van der Waals surface area (Å²) in [5, 5.41) is 2.98. The van der Waals surface area contributed by atoms with Gasteiger partial charge in [0.25, 0.3) is 0 Å². The van der Waals surface area contributed by atoms with Crippen LogP contribution in [0.4, 0.5) is 0 Å². The van der Waals surface area contributed by atoms with E-state index in [2.05, 4.69) is 23.9 Å². The van der Waals surface area contributed by atoms with Crippen LogP contribution in [0.25, 0.3) is 0 Å². The Labute approximate surface area is 110 Å². The fraction of sp³-hybridized carbons (Fsp3) is 0.538. The Morgan fingerprint density at radius 1 is 1.22 bits per heavy atom. The Balaban J connectivity index is 2.84. The van der Waals surface area contributed by atoms with E-state index < -0.39 is 10.0 Å². The van der Waals surface area contributed by atoms with Crippen LogP contribution in [0.15, 0.2) is 29.2 Å². The number of rotatable bonds is 7. The number of hydrogen-bond acceptors (Lipinski definition) is 3. The van der Waals surface area contributed by atoms with Gasteiger partial charge in [0.15, 0.2) is 0 Å². The minimum atomic E-state index is -3.40. The van der Waals surface area contributed by atoms with Crippen molar-refractivity contribution in [3.63, 3.8) is 0 Å². The first-order valence-corrected chi connectivity index (χ1v) is 7.68. The Morgan fingerprint density at radius 3 is 2.50 bits per heavy atom. The Bertz CT molecular complexity index is 470. The summed E-state index contributed by atoms with van der Waals surface area (Å²) in [4.78, 5) is 0.364. The molecule has 0 bridgehead atoms. The molecule has 0 heterocycles. The lowest BCUT2D eigenvalue weighted by Gasteiger charge is -2.12. The zero-order chi connectivity index (χ0) is 13.6. The molecular formula is C13H22N2O2S. The van der Waals surface area contributed by atoms with Crippen molar-refractivity contribution in [1.82, 2.24) is 10.0 Å². The lowest BCUT2D eigenvalue weighted by atomic mass is 10.1. The van der Waals surface area contributed by atoms with Crippen LogP contribution < -0.4 is 10.0 Å². The van der Waals surface area contributed by atoms with Gasteiger partial charge in [-0.1, -0.05) is 32.0 Å². The van der Waals surface area contributed by atoms with Crippen molar-refractivity contribution in [1.29, 1.82) is 0 Å². The van der Waals surface area contributed by atoms with Gasteiger partial charge >= 0.3 is 0 Å². The summed E-state index contributed by atoms with van der Waals surface area (Å²) in [6.45, 7) is 5.17. The van der Waals surface area contributed by atoms with Gasteiger partial charge < -0.3 is 5.32 Å². The molecule has 0 saturated carbocycles. The molecule has 5 heteroatoms. The molecule has 1 rings (SSSR count). The van der Waals surface area contributed by atoms with Crippen LogP contribution >= 0.6 is 0 Å². The van der Waals surface area contributed by atoms with E-state index in [-0.39, 0.29) is 0 Å². The fourth-order valence-corrected chi connectivity index (χ4v) is 2.95. The van der Waals surface area contributed by atoms with E-state index >= 15 is 0 Å². The first-order valence-electron chi connectivity index (χ1n) is 6.19. The van der Waals surface area contributed by atoms with Crippen LogP contribution in [-0.2, 0) is 16.6 Å². The third kappa shape index (κ3) is 4.40. The minimum absolute atomic E-state index is 0.364. The van der Waals surface area contributed by atoms with Crippen molar-refractivity contribution >= 4 is 10.0 Å². The standard InChI is InChI=1S/C13H22N2O2S/c1-11(2)8-9-15-18(16,17)13-7-5-4-6-12(13)10-14-3/h4-7,11,14-15H,8-10H2,1-3H3. The van der Waals surface area contributed by atoms with E-state index in [1.165, 1.54) is 0 Å². The van der Waals surface area contributed by atoms with Crippen LogP contribution in [0.3, 0.4) is 0 Å². The predicted molar refractivity (Wildman–Crippen MR) is 73.8 cm³/mol. The molecule has 102 valence electrons. The van der Waals surface area contributed by atoms with Gasteiger partial charge in [-0.05, 0) is 31.0 Å².